The van der Waals surface area contributed by atoms with E-state index in [4.69, 9.17) is 19.2 Å². The summed E-state index contributed by atoms with van der Waals surface area (Å²) in [5, 5.41) is 12.4. The Kier molecular flexibility index (Phi) is 13.3. The van der Waals surface area contributed by atoms with Crippen molar-refractivity contribution in [1.82, 2.24) is 26.3 Å². The minimum Gasteiger partial charge on any atom is -0.497 e. The van der Waals surface area contributed by atoms with Gasteiger partial charge in [0.1, 0.15) is 35.2 Å². The second-order valence-corrected chi connectivity index (χ2v) is 17.2. The fourth-order valence-electron chi connectivity index (χ4n) is 8.76. The van der Waals surface area contributed by atoms with Crippen LogP contribution < -0.4 is 30.7 Å². The Morgan fingerprint density at radius 2 is 1.63 bits per heavy atom. The zero-order chi connectivity index (χ0) is 42.5. The van der Waals surface area contributed by atoms with Gasteiger partial charge in [-0.3, -0.25) is 19.2 Å². The Bertz CT molecular complexity index is 2040. The molecule has 3 aliphatic rings. The Hall–Kier alpha value is -5.46. The van der Waals surface area contributed by atoms with Crippen LogP contribution in [-0.2, 0) is 28.7 Å². The van der Waals surface area contributed by atoms with Crippen molar-refractivity contribution >= 4 is 40.5 Å². The first-order valence-electron chi connectivity index (χ1n) is 20.9. The minimum atomic E-state index is -1.28. The summed E-state index contributed by atoms with van der Waals surface area (Å²) in [5.74, 6) is -3.36. The second kappa shape index (κ2) is 18.2. The lowest BCUT2D eigenvalue weighted by Crippen LogP contribution is -2.60. The normalized spacial score (nSPS) is 23.9. The number of nitrogens with zero attached hydrogens (tertiary/aromatic N) is 1. The molecule has 7 atom stereocenters. The van der Waals surface area contributed by atoms with Gasteiger partial charge in [-0.05, 0) is 62.5 Å². The molecule has 3 saturated carbocycles. The maximum Gasteiger partial charge on any atom is 0.332 e. The summed E-state index contributed by atoms with van der Waals surface area (Å²) in [6, 6.07) is 15.3. The molecule has 4 amide bonds. The number of methoxy groups -OCH3 is 1. The van der Waals surface area contributed by atoms with Crippen molar-refractivity contribution in [3.05, 3.63) is 67.3 Å². The molecule has 13 nitrogen and oxygen atoms in total. The summed E-state index contributed by atoms with van der Waals surface area (Å²) in [6.45, 7) is 11.2. The first-order valence-corrected chi connectivity index (χ1v) is 20.9. The minimum absolute atomic E-state index is 0.0221. The number of likely N-dealkylation sites (N-methyl/N-ethyl adjacent to an activating group) is 1. The number of fused-ring (bicyclic) bond motifs is 1. The molecule has 1 heterocycles. The number of amides is 4. The SMILES string of the molecule is C=C[C@@H]1C[C@]1(NC(=O)[C@@H]1C[C@@H](Oc2cc(-c3ccccc3)nc3cc(OC)ccc23)C[C@H]1C(=O)N[C@H](C(=O)NC(C(=O)NC)C1CCCCC1)C(C)(C)C)C(=O)OCC. The number of carbonyl (C=O) groups is 5. The summed E-state index contributed by atoms with van der Waals surface area (Å²) in [4.78, 5) is 74.4. The number of pyridine rings is 1. The average Bonchev–Trinajstić information content (AvgIpc) is 3.79. The van der Waals surface area contributed by atoms with Gasteiger partial charge in [-0.25, -0.2) is 9.78 Å². The van der Waals surface area contributed by atoms with Crippen molar-refractivity contribution in [2.45, 2.75) is 103 Å². The highest BCUT2D eigenvalue weighted by molar-refractivity contribution is 5.97. The van der Waals surface area contributed by atoms with Crippen molar-refractivity contribution in [2.24, 2.45) is 29.1 Å². The molecule has 4 N–H and O–H groups in total. The topological polar surface area (TPSA) is 174 Å². The smallest absolute Gasteiger partial charge is 0.332 e. The molecule has 1 unspecified atom stereocenters. The monoisotopic (exact) mass is 809 g/mol. The maximum absolute atomic E-state index is 14.6. The third-order valence-electron chi connectivity index (χ3n) is 12.2. The van der Waals surface area contributed by atoms with Gasteiger partial charge in [0.2, 0.25) is 23.6 Å². The Labute approximate surface area is 346 Å². The highest BCUT2D eigenvalue weighted by Gasteiger charge is 2.62. The van der Waals surface area contributed by atoms with Crippen LogP contribution in [0.2, 0.25) is 0 Å². The summed E-state index contributed by atoms with van der Waals surface area (Å²) < 4.78 is 17.6. The Morgan fingerprint density at radius 1 is 0.932 bits per heavy atom. The molecule has 3 aliphatic carbocycles. The van der Waals surface area contributed by atoms with Crippen molar-refractivity contribution < 1.29 is 38.2 Å². The van der Waals surface area contributed by atoms with Crippen LogP contribution in [0.1, 0.15) is 79.1 Å². The molecule has 1 aromatic heterocycles. The number of rotatable bonds is 15. The van der Waals surface area contributed by atoms with Gasteiger partial charge in [-0.1, -0.05) is 76.4 Å². The van der Waals surface area contributed by atoms with Crippen molar-refractivity contribution in [2.75, 3.05) is 20.8 Å². The summed E-state index contributed by atoms with van der Waals surface area (Å²) >= 11 is 0. The van der Waals surface area contributed by atoms with Crippen LogP contribution in [0.3, 0.4) is 0 Å². The van der Waals surface area contributed by atoms with E-state index in [1.165, 1.54) is 0 Å². The lowest BCUT2D eigenvalue weighted by molar-refractivity contribution is -0.150. The van der Waals surface area contributed by atoms with Crippen molar-refractivity contribution in [1.29, 1.82) is 0 Å². The van der Waals surface area contributed by atoms with E-state index in [2.05, 4.69) is 27.8 Å². The first-order chi connectivity index (χ1) is 28.2. The quantitative estimate of drug-likeness (QED) is 0.112. The second-order valence-electron chi connectivity index (χ2n) is 17.2. The van der Waals surface area contributed by atoms with Gasteiger partial charge in [-0.15, -0.1) is 6.58 Å². The van der Waals surface area contributed by atoms with Gasteiger partial charge in [0, 0.05) is 36.0 Å². The number of carbonyl (C=O) groups excluding carboxylic acids is 5. The fraction of sp³-hybridized carbons (Fsp3) is 0.522. The zero-order valence-electron chi connectivity index (χ0n) is 35.1. The highest BCUT2D eigenvalue weighted by Crippen LogP contribution is 2.47. The number of nitrogens with one attached hydrogen (secondary N) is 4. The predicted octanol–water partition coefficient (Wildman–Crippen LogP) is 5.65. The third-order valence-corrected chi connectivity index (χ3v) is 12.2. The molecule has 13 heteroatoms. The molecule has 3 aromatic rings. The standard InChI is InChI=1S/C46H59N5O8/c1-8-29-26-46(29,44(56)58-9-2)51-41(53)34-23-31(59-37-25-35(27-16-12-10-13-17-27)48-36-24-30(57-7)20-21-32(36)37)22-33(34)40(52)50-39(45(3,4)5)43(55)49-38(42(54)47-6)28-18-14-11-15-19-28/h8,10,12-13,16-17,20-21,24-25,28-29,31,33-34,38-39H,1,9,11,14-15,18-19,22-23,26H2,2-7H3,(H,47,54)(H,49,55)(H,50,52)(H,51,53)/t29-,31+,33-,34-,38?,39-,46-/m1/s1. The van der Waals surface area contributed by atoms with Crippen LogP contribution in [0, 0.1) is 29.1 Å². The van der Waals surface area contributed by atoms with Crippen LogP contribution in [0.4, 0.5) is 0 Å². The largest absolute Gasteiger partial charge is 0.497 e. The van der Waals surface area contributed by atoms with Gasteiger partial charge in [-0.2, -0.15) is 0 Å². The Morgan fingerprint density at radius 3 is 2.24 bits per heavy atom. The fourth-order valence-corrected chi connectivity index (χ4v) is 8.76. The molecule has 59 heavy (non-hydrogen) atoms. The molecule has 0 radical (unpaired) electrons. The van der Waals surface area contributed by atoms with Crippen molar-refractivity contribution in [3.63, 3.8) is 0 Å². The number of esters is 1. The number of hydrogen-bond donors (Lipinski definition) is 4. The molecule has 0 aliphatic heterocycles. The van der Waals surface area contributed by atoms with E-state index in [0.717, 1.165) is 43.1 Å². The van der Waals surface area contributed by atoms with Gasteiger partial charge >= 0.3 is 5.97 Å². The molecule has 2 aromatic carbocycles. The summed E-state index contributed by atoms with van der Waals surface area (Å²) in [7, 11) is 3.14. The number of aromatic nitrogens is 1. The molecule has 3 fully saturated rings. The van der Waals surface area contributed by atoms with E-state index < -0.39 is 64.7 Å². The lowest BCUT2D eigenvalue weighted by Gasteiger charge is -2.35. The van der Waals surface area contributed by atoms with Crippen molar-refractivity contribution in [3.8, 4) is 22.8 Å². The third kappa shape index (κ3) is 9.55. The van der Waals surface area contributed by atoms with Crippen LogP contribution in [-0.4, -0.2) is 79.1 Å². The molecular weight excluding hydrogens is 751 g/mol. The summed E-state index contributed by atoms with van der Waals surface area (Å²) in [5.41, 5.74) is 0.148. The van der Waals surface area contributed by atoms with Crippen LogP contribution in [0.5, 0.6) is 11.5 Å². The predicted molar refractivity (Wildman–Crippen MR) is 224 cm³/mol. The van der Waals surface area contributed by atoms with E-state index in [1.54, 1.807) is 27.2 Å². The van der Waals surface area contributed by atoms with E-state index in [-0.39, 0.29) is 37.2 Å². The van der Waals surface area contributed by atoms with Gasteiger partial charge in [0.25, 0.3) is 0 Å². The van der Waals surface area contributed by atoms with Gasteiger partial charge in [0.15, 0.2) is 0 Å². The molecule has 0 saturated heterocycles. The molecule has 6 rings (SSSR count). The van der Waals surface area contributed by atoms with Crippen LogP contribution in [0.15, 0.2) is 67.3 Å². The molecule has 0 spiro atoms. The average molecular weight is 810 g/mol. The lowest BCUT2D eigenvalue weighted by atomic mass is 9.82. The van der Waals surface area contributed by atoms with E-state index >= 15 is 0 Å². The van der Waals surface area contributed by atoms with E-state index in [0.29, 0.717) is 29.1 Å². The zero-order valence-corrected chi connectivity index (χ0v) is 35.1. The summed E-state index contributed by atoms with van der Waals surface area (Å²) in [6.07, 6.45) is 6.31. The highest BCUT2D eigenvalue weighted by atomic mass is 16.5. The van der Waals surface area contributed by atoms with E-state index in [1.807, 2.05) is 75.4 Å². The number of hydrogen-bond acceptors (Lipinski definition) is 9. The molecule has 0 bridgehead atoms. The van der Waals surface area contributed by atoms with Crippen LogP contribution >= 0.6 is 0 Å². The molecule has 316 valence electrons. The van der Waals surface area contributed by atoms with Gasteiger partial charge in [0.05, 0.1) is 36.8 Å². The maximum atomic E-state index is 14.6. The Balaban J connectivity index is 1.31. The van der Waals surface area contributed by atoms with Gasteiger partial charge < -0.3 is 35.5 Å². The number of ether oxygens (including phenoxy) is 3. The first kappa shape index (κ1) is 43.1. The van der Waals surface area contributed by atoms with E-state index in [9.17, 15) is 24.0 Å². The molecular formula is C46H59N5O8. The van der Waals surface area contributed by atoms with Crippen LogP contribution in [0.25, 0.3) is 22.2 Å². The number of benzene rings is 2.